The molecule has 2 aromatic carbocycles. The summed E-state index contributed by atoms with van der Waals surface area (Å²) in [5.41, 5.74) is 10.2. The molecule has 0 saturated carbocycles. The van der Waals surface area contributed by atoms with Gasteiger partial charge >= 0.3 is 0 Å². The smallest absolute Gasteiger partial charge is 0.261 e. The number of para-hydroxylation sites is 1. The predicted octanol–water partition coefficient (Wildman–Crippen LogP) is 2.72. The molecule has 0 amide bonds. The predicted molar refractivity (Wildman–Crippen MR) is 98.4 cm³/mol. The van der Waals surface area contributed by atoms with Gasteiger partial charge in [-0.15, -0.1) is 0 Å². The number of nitrogens with zero attached hydrogens (tertiary/aromatic N) is 2. The lowest BCUT2D eigenvalue weighted by Crippen LogP contribution is -2.13. The van der Waals surface area contributed by atoms with Gasteiger partial charge in [-0.25, -0.2) is 4.98 Å². The van der Waals surface area contributed by atoms with Crippen LogP contribution < -0.4 is 16.2 Å². The first-order valence-corrected chi connectivity index (χ1v) is 7.62. The summed E-state index contributed by atoms with van der Waals surface area (Å²) >= 11 is 0. The van der Waals surface area contributed by atoms with Crippen LogP contribution in [-0.2, 0) is 0 Å². The Kier molecular flexibility index (Phi) is 3.06. The van der Waals surface area contributed by atoms with Gasteiger partial charge in [-0.1, -0.05) is 18.2 Å². The van der Waals surface area contributed by atoms with Crippen LogP contribution in [0.1, 0.15) is 0 Å². The molecule has 120 valence electrons. The number of nitrogen functional groups attached to an aromatic ring is 1. The van der Waals surface area contributed by atoms with Gasteiger partial charge in [0.05, 0.1) is 22.2 Å². The summed E-state index contributed by atoms with van der Waals surface area (Å²) in [4.78, 5) is 25.1. The number of rotatable bonds is 2. The van der Waals surface area contributed by atoms with Crippen molar-refractivity contribution in [1.29, 1.82) is 0 Å². The maximum atomic E-state index is 12.5. The molecule has 0 unspecified atom stereocenters. The molecule has 24 heavy (non-hydrogen) atoms. The third-order valence-corrected chi connectivity index (χ3v) is 4.18. The Morgan fingerprint density at radius 2 is 1.83 bits per heavy atom. The summed E-state index contributed by atoms with van der Waals surface area (Å²) in [5.74, 6) is 0.477. The molecule has 0 saturated heterocycles. The number of aromatic amines is 2. The summed E-state index contributed by atoms with van der Waals surface area (Å²) in [6.07, 6.45) is 0. The van der Waals surface area contributed by atoms with Gasteiger partial charge in [-0.3, -0.25) is 4.79 Å². The van der Waals surface area contributed by atoms with E-state index in [1.807, 2.05) is 61.5 Å². The van der Waals surface area contributed by atoms with Gasteiger partial charge in [-0.05, 0) is 24.3 Å². The largest absolute Gasteiger partial charge is 0.397 e. The van der Waals surface area contributed by atoms with Gasteiger partial charge in [0.15, 0.2) is 0 Å². The average Bonchev–Trinajstić information content (AvgIpc) is 2.97. The van der Waals surface area contributed by atoms with E-state index in [9.17, 15) is 4.79 Å². The van der Waals surface area contributed by atoms with Gasteiger partial charge in [0, 0.05) is 25.2 Å². The van der Waals surface area contributed by atoms with E-state index >= 15 is 0 Å². The Balaban J connectivity index is 1.97. The number of hydrogen-bond acceptors (Lipinski definition) is 4. The number of anilines is 2. The number of fused-ring (bicyclic) bond motifs is 2. The highest BCUT2D eigenvalue weighted by Crippen LogP contribution is 2.28. The maximum Gasteiger partial charge on any atom is 0.261 e. The summed E-state index contributed by atoms with van der Waals surface area (Å²) in [5, 5.41) is 0.807. The molecule has 4 N–H and O–H groups in total. The van der Waals surface area contributed by atoms with E-state index in [2.05, 4.69) is 15.0 Å². The summed E-state index contributed by atoms with van der Waals surface area (Å²) in [6.45, 7) is 0. The fourth-order valence-electron chi connectivity index (χ4n) is 2.90. The fraction of sp³-hybridized carbons (Fsp3) is 0.111. The molecular formula is C18H17N5O. The lowest BCUT2D eigenvalue weighted by molar-refractivity contribution is 1.13. The van der Waals surface area contributed by atoms with Crippen LogP contribution in [0.5, 0.6) is 0 Å². The van der Waals surface area contributed by atoms with Crippen molar-refractivity contribution in [2.75, 3.05) is 24.7 Å². The standard InChI is InChI=1S/C18H17N5O/c1-23(2)10-7-8-13-14(9-10)21-17(20-13)15-16(19)11-5-3-4-6-12(11)22-18(15)24/h3-9H,1-2H3,(H,20,21)(H3,19,22,24). The van der Waals surface area contributed by atoms with Gasteiger partial charge < -0.3 is 20.6 Å². The zero-order chi connectivity index (χ0) is 16.8. The third-order valence-electron chi connectivity index (χ3n) is 4.18. The first-order valence-electron chi connectivity index (χ1n) is 7.62. The zero-order valence-electron chi connectivity index (χ0n) is 13.4. The molecule has 0 bridgehead atoms. The monoisotopic (exact) mass is 319 g/mol. The second kappa shape index (κ2) is 5.13. The number of hydrogen-bond donors (Lipinski definition) is 3. The van der Waals surface area contributed by atoms with E-state index in [0.29, 0.717) is 17.1 Å². The molecule has 6 nitrogen and oxygen atoms in total. The van der Waals surface area contributed by atoms with E-state index in [-0.39, 0.29) is 5.56 Å². The molecule has 0 radical (unpaired) electrons. The molecule has 6 heteroatoms. The minimum atomic E-state index is -0.252. The molecule has 0 spiro atoms. The van der Waals surface area contributed by atoms with Gasteiger partial charge in [0.1, 0.15) is 11.4 Å². The quantitative estimate of drug-likeness (QED) is 0.530. The third kappa shape index (κ3) is 2.11. The topological polar surface area (TPSA) is 90.8 Å². The van der Waals surface area contributed by atoms with Crippen LogP contribution in [0.15, 0.2) is 47.3 Å². The van der Waals surface area contributed by atoms with Crippen molar-refractivity contribution in [3.8, 4) is 11.4 Å². The second-order valence-corrected chi connectivity index (χ2v) is 5.97. The normalized spacial score (nSPS) is 11.2. The lowest BCUT2D eigenvalue weighted by atomic mass is 10.1. The summed E-state index contributed by atoms with van der Waals surface area (Å²) < 4.78 is 0. The van der Waals surface area contributed by atoms with Crippen molar-refractivity contribution < 1.29 is 0 Å². The van der Waals surface area contributed by atoms with Gasteiger partial charge in [-0.2, -0.15) is 0 Å². The van der Waals surface area contributed by atoms with Crippen LogP contribution in [0.25, 0.3) is 33.3 Å². The number of nitrogens with two attached hydrogens (primary N) is 1. The van der Waals surface area contributed by atoms with Crippen molar-refractivity contribution in [3.63, 3.8) is 0 Å². The molecule has 0 atom stereocenters. The summed E-state index contributed by atoms with van der Waals surface area (Å²) in [7, 11) is 3.95. The van der Waals surface area contributed by atoms with E-state index in [1.54, 1.807) is 0 Å². The maximum absolute atomic E-state index is 12.5. The Morgan fingerprint density at radius 3 is 2.62 bits per heavy atom. The van der Waals surface area contributed by atoms with Crippen molar-refractivity contribution in [3.05, 3.63) is 52.8 Å². The van der Waals surface area contributed by atoms with E-state index in [0.717, 1.165) is 27.6 Å². The minimum absolute atomic E-state index is 0.252. The molecule has 0 fully saturated rings. The summed E-state index contributed by atoms with van der Waals surface area (Å²) in [6, 6.07) is 13.4. The number of imidazole rings is 1. The van der Waals surface area contributed by atoms with Crippen molar-refractivity contribution in [1.82, 2.24) is 15.0 Å². The molecule has 0 aliphatic heterocycles. The second-order valence-electron chi connectivity index (χ2n) is 5.97. The van der Waals surface area contributed by atoms with Crippen LogP contribution in [0.2, 0.25) is 0 Å². The van der Waals surface area contributed by atoms with Gasteiger partial charge in [0.2, 0.25) is 0 Å². The van der Waals surface area contributed by atoms with E-state index < -0.39 is 0 Å². The lowest BCUT2D eigenvalue weighted by Gasteiger charge is -2.11. The van der Waals surface area contributed by atoms with Crippen LogP contribution in [0, 0.1) is 0 Å². The Labute approximate surface area is 137 Å². The zero-order valence-corrected chi connectivity index (χ0v) is 13.4. The molecule has 0 aliphatic rings. The Bertz CT molecular complexity index is 1120. The molecule has 4 rings (SSSR count). The van der Waals surface area contributed by atoms with Crippen LogP contribution in [0.3, 0.4) is 0 Å². The highest BCUT2D eigenvalue weighted by molar-refractivity contribution is 5.97. The van der Waals surface area contributed by atoms with Crippen molar-refractivity contribution in [2.24, 2.45) is 0 Å². The fourth-order valence-corrected chi connectivity index (χ4v) is 2.90. The SMILES string of the molecule is CN(C)c1ccc2nc(-c3c(N)c4ccccc4[nH]c3=O)[nH]c2c1. The van der Waals surface area contributed by atoms with Crippen molar-refractivity contribution >= 4 is 33.3 Å². The average molecular weight is 319 g/mol. The molecular weight excluding hydrogens is 302 g/mol. The number of benzene rings is 2. The Hall–Kier alpha value is -3.28. The first kappa shape index (κ1) is 14.3. The number of pyridine rings is 1. The van der Waals surface area contributed by atoms with E-state index in [4.69, 9.17) is 5.73 Å². The molecule has 0 aliphatic carbocycles. The number of aromatic nitrogens is 3. The van der Waals surface area contributed by atoms with Crippen molar-refractivity contribution in [2.45, 2.75) is 0 Å². The first-order chi connectivity index (χ1) is 11.5. The van der Waals surface area contributed by atoms with Crippen LogP contribution in [0.4, 0.5) is 11.4 Å². The van der Waals surface area contributed by atoms with Crippen LogP contribution >= 0.6 is 0 Å². The Morgan fingerprint density at radius 1 is 1.04 bits per heavy atom. The van der Waals surface area contributed by atoms with E-state index in [1.165, 1.54) is 0 Å². The van der Waals surface area contributed by atoms with Crippen LogP contribution in [-0.4, -0.2) is 29.0 Å². The highest BCUT2D eigenvalue weighted by Gasteiger charge is 2.16. The molecule has 2 aromatic heterocycles. The number of nitrogens with one attached hydrogen (secondary N) is 2. The molecule has 2 heterocycles. The molecule has 4 aromatic rings. The highest BCUT2D eigenvalue weighted by atomic mass is 16.1. The number of H-pyrrole nitrogens is 2. The van der Waals surface area contributed by atoms with Gasteiger partial charge in [0.25, 0.3) is 5.56 Å². The minimum Gasteiger partial charge on any atom is -0.397 e.